The summed E-state index contributed by atoms with van der Waals surface area (Å²) in [6.45, 7) is 4.68. The number of hydrogen-bond acceptors (Lipinski definition) is 7. The van der Waals surface area contributed by atoms with E-state index >= 15 is 0 Å². The van der Waals surface area contributed by atoms with Gasteiger partial charge in [-0.05, 0) is 74.6 Å². The Morgan fingerprint density at radius 1 is 1.15 bits per heavy atom. The van der Waals surface area contributed by atoms with Crippen molar-refractivity contribution in [3.8, 4) is 5.75 Å². The van der Waals surface area contributed by atoms with Crippen LogP contribution in [0.1, 0.15) is 57.9 Å². The Hall–Kier alpha value is -3.80. The number of aromatic nitrogens is 1. The lowest BCUT2D eigenvalue weighted by Crippen LogP contribution is -2.51. The lowest BCUT2D eigenvalue weighted by atomic mass is 9.81. The van der Waals surface area contributed by atoms with Gasteiger partial charge in [0, 0.05) is 36.1 Å². The van der Waals surface area contributed by atoms with Crippen molar-refractivity contribution in [2.24, 2.45) is 17.8 Å². The van der Waals surface area contributed by atoms with Crippen molar-refractivity contribution < 1.29 is 33.9 Å². The van der Waals surface area contributed by atoms with Crippen LogP contribution in [-0.2, 0) is 25.5 Å². The Balaban J connectivity index is 1.74. The van der Waals surface area contributed by atoms with E-state index in [0.717, 1.165) is 22.2 Å². The van der Waals surface area contributed by atoms with Crippen molar-refractivity contribution in [1.29, 1.82) is 0 Å². The number of methoxy groups -OCH3 is 1. The molecule has 3 rings (SSSR count). The zero-order chi connectivity index (χ0) is 29.8. The molecular formula is C29H43N5O7. The molecule has 0 bridgehead atoms. The second-order valence-corrected chi connectivity index (χ2v) is 10.8. The van der Waals surface area contributed by atoms with Gasteiger partial charge in [-0.1, -0.05) is 13.8 Å². The van der Waals surface area contributed by atoms with E-state index in [0.29, 0.717) is 51.6 Å². The lowest BCUT2D eigenvalue weighted by molar-refractivity contribution is -0.142. The maximum Gasteiger partial charge on any atom is 0.407 e. The number of hydroxylamine groups is 1. The van der Waals surface area contributed by atoms with E-state index in [1.165, 1.54) is 0 Å². The number of hydrogen-bond donors (Lipinski definition) is 6. The molecule has 1 aliphatic heterocycles. The second-order valence-electron chi connectivity index (χ2n) is 10.8. The minimum absolute atomic E-state index is 0.0747. The molecule has 12 nitrogen and oxygen atoms in total. The number of H-pyrrole nitrogens is 1. The van der Waals surface area contributed by atoms with E-state index < -0.39 is 35.8 Å². The quantitative estimate of drug-likeness (QED) is 0.208. The third kappa shape index (κ3) is 9.38. The van der Waals surface area contributed by atoms with Crippen LogP contribution < -0.4 is 26.2 Å². The number of alkyl carbamates (subject to hydrolysis) is 1. The molecule has 0 aliphatic carbocycles. The van der Waals surface area contributed by atoms with E-state index in [-0.39, 0.29) is 24.9 Å². The summed E-state index contributed by atoms with van der Waals surface area (Å²) in [6, 6.07) is 4.94. The molecule has 226 valence electrons. The van der Waals surface area contributed by atoms with Gasteiger partial charge in [0.2, 0.25) is 17.7 Å². The van der Waals surface area contributed by atoms with Crippen molar-refractivity contribution >= 4 is 34.7 Å². The number of nitrogens with one attached hydrogen (secondary N) is 5. The highest BCUT2D eigenvalue weighted by Gasteiger charge is 2.35. The zero-order valence-corrected chi connectivity index (χ0v) is 24.1. The first kappa shape index (κ1) is 31.7. The van der Waals surface area contributed by atoms with Gasteiger partial charge in [-0.3, -0.25) is 19.6 Å². The number of amides is 4. The van der Waals surface area contributed by atoms with Crippen LogP contribution in [0.4, 0.5) is 4.79 Å². The molecule has 0 saturated carbocycles. The number of benzene rings is 1. The van der Waals surface area contributed by atoms with Gasteiger partial charge in [0.15, 0.2) is 0 Å². The van der Waals surface area contributed by atoms with Crippen LogP contribution in [0.15, 0.2) is 24.4 Å². The molecule has 0 spiro atoms. The zero-order valence-electron chi connectivity index (χ0n) is 24.1. The molecule has 2 aromatic rings. The monoisotopic (exact) mass is 573 g/mol. The molecule has 6 N–H and O–H groups in total. The van der Waals surface area contributed by atoms with Crippen LogP contribution in [0, 0.1) is 17.8 Å². The summed E-state index contributed by atoms with van der Waals surface area (Å²) in [5.74, 6) is -2.24. The van der Waals surface area contributed by atoms with Gasteiger partial charge in [-0.15, -0.1) is 0 Å². The molecule has 1 saturated heterocycles. The van der Waals surface area contributed by atoms with Crippen LogP contribution in [0.3, 0.4) is 0 Å². The van der Waals surface area contributed by atoms with Crippen LogP contribution in [0.5, 0.6) is 5.75 Å². The molecule has 3 atom stereocenters. The Bertz CT molecular complexity index is 1180. The maximum absolute atomic E-state index is 13.6. The first-order chi connectivity index (χ1) is 19.7. The Labute approximate surface area is 240 Å². The van der Waals surface area contributed by atoms with Gasteiger partial charge >= 0.3 is 6.09 Å². The molecule has 1 aliphatic rings. The van der Waals surface area contributed by atoms with Gasteiger partial charge < -0.3 is 30.4 Å². The fourth-order valence-electron chi connectivity index (χ4n) is 5.23. The summed E-state index contributed by atoms with van der Waals surface area (Å²) in [6.07, 6.45) is 4.36. The van der Waals surface area contributed by atoms with Gasteiger partial charge in [0.25, 0.3) is 0 Å². The molecular weight excluding hydrogens is 530 g/mol. The number of carbonyl (C=O) groups is 4. The summed E-state index contributed by atoms with van der Waals surface area (Å²) in [5.41, 5.74) is 3.67. The van der Waals surface area contributed by atoms with Gasteiger partial charge in [-0.25, -0.2) is 10.3 Å². The van der Waals surface area contributed by atoms with Gasteiger partial charge in [0.05, 0.1) is 19.6 Å². The lowest BCUT2D eigenvalue weighted by Gasteiger charge is -2.28. The first-order valence-electron chi connectivity index (χ1n) is 14.3. The van der Waals surface area contributed by atoms with E-state index in [9.17, 15) is 24.4 Å². The summed E-state index contributed by atoms with van der Waals surface area (Å²) in [7, 11) is 1.61. The van der Waals surface area contributed by atoms with Crippen LogP contribution in [0.25, 0.3) is 10.9 Å². The fraction of sp³-hybridized carbons (Fsp3) is 0.586. The third-order valence-electron chi connectivity index (χ3n) is 7.38. The largest absolute Gasteiger partial charge is 0.497 e. The van der Waals surface area contributed by atoms with Crippen LogP contribution in [0.2, 0.25) is 0 Å². The minimum Gasteiger partial charge on any atom is -0.497 e. The fourth-order valence-corrected chi connectivity index (χ4v) is 5.23. The molecule has 1 aromatic heterocycles. The van der Waals surface area contributed by atoms with Crippen LogP contribution in [-0.4, -0.2) is 66.9 Å². The SMILES string of the molecule is COc1ccc2[nH]cc(CCNC(=O)[C@@H]3CCCCNC(=O)OCCC[C@H](C(=O)NO)[C@@H](CC(C)C)C(=O)N3)c2c1. The average Bonchev–Trinajstić information content (AvgIpc) is 3.36. The number of rotatable bonds is 8. The van der Waals surface area contributed by atoms with Crippen molar-refractivity contribution in [1.82, 2.24) is 26.4 Å². The standard InChI is InChI=1S/C29H43N5O7/c1-18(2)15-23-21(27(36)34-39)7-6-14-41-29(38)31-12-5-4-8-25(33-26(23)35)28(37)30-13-11-19-17-32-24-10-9-20(40-3)16-22(19)24/h9-10,16-18,21,23,25,32,39H,4-8,11-15H2,1-3H3,(H,30,37)(H,31,38)(H,33,35)(H,34,36)/t21-,23+,25-/m0/s1. The highest BCUT2D eigenvalue weighted by Crippen LogP contribution is 2.27. The second kappa shape index (κ2) is 15.8. The van der Waals surface area contributed by atoms with Crippen molar-refractivity contribution in [3.05, 3.63) is 30.0 Å². The van der Waals surface area contributed by atoms with E-state index in [4.69, 9.17) is 9.47 Å². The van der Waals surface area contributed by atoms with Crippen molar-refractivity contribution in [3.63, 3.8) is 0 Å². The number of cyclic esters (lactones) is 1. The van der Waals surface area contributed by atoms with Gasteiger partial charge in [0.1, 0.15) is 11.8 Å². The van der Waals surface area contributed by atoms with Crippen LogP contribution >= 0.6 is 0 Å². The summed E-state index contributed by atoms with van der Waals surface area (Å²) in [5, 5.41) is 18.9. The minimum atomic E-state index is -0.859. The Morgan fingerprint density at radius 3 is 2.68 bits per heavy atom. The first-order valence-corrected chi connectivity index (χ1v) is 14.3. The smallest absolute Gasteiger partial charge is 0.407 e. The van der Waals surface area contributed by atoms with Crippen molar-refractivity contribution in [2.45, 2.75) is 64.8 Å². The summed E-state index contributed by atoms with van der Waals surface area (Å²) < 4.78 is 10.5. The molecule has 2 heterocycles. The van der Waals surface area contributed by atoms with Gasteiger partial charge in [-0.2, -0.15) is 0 Å². The number of fused-ring (bicyclic) bond motifs is 1. The number of aromatic amines is 1. The van der Waals surface area contributed by atoms with E-state index in [2.05, 4.69) is 20.9 Å². The topological polar surface area (TPSA) is 171 Å². The predicted molar refractivity (Wildman–Crippen MR) is 152 cm³/mol. The Kier molecular flexibility index (Phi) is 12.3. The molecule has 0 radical (unpaired) electrons. The summed E-state index contributed by atoms with van der Waals surface area (Å²) >= 11 is 0. The molecule has 1 fully saturated rings. The number of ether oxygens (including phenoxy) is 2. The molecule has 4 amide bonds. The average molecular weight is 574 g/mol. The third-order valence-corrected chi connectivity index (χ3v) is 7.38. The maximum atomic E-state index is 13.6. The van der Waals surface area contributed by atoms with E-state index in [1.54, 1.807) is 12.6 Å². The Morgan fingerprint density at radius 2 is 1.95 bits per heavy atom. The highest BCUT2D eigenvalue weighted by atomic mass is 16.5. The molecule has 41 heavy (non-hydrogen) atoms. The number of carbonyl (C=O) groups excluding carboxylic acids is 4. The highest BCUT2D eigenvalue weighted by molar-refractivity contribution is 5.91. The van der Waals surface area contributed by atoms with E-state index in [1.807, 2.05) is 38.2 Å². The normalized spacial score (nSPS) is 21.1. The summed E-state index contributed by atoms with van der Waals surface area (Å²) in [4.78, 5) is 54.7. The van der Waals surface area contributed by atoms with Crippen molar-refractivity contribution in [2.75, 3.05) is 26.8 Å². The molecule has 12 heteroatoms. The molecule has 1 aromatic carbocycles. The predicted octanol–water partition coefficient (Wildman–Crippen LogP) is 2.79. The molecule has 0 unspecified atom stereocenters.